The molecule has 0 aliphatic heterocycles. The van der Waals surface area contributed by atoms with Crippen molar-refractivity contribution in [1.29, 1.82) is 0 Å². The molecule has 1 atom stereocenters. The molecule has 1 heterocycles. The van der Waals surface area contributed by atoms with Crippen LogP contribution in [0.5, 0.6) is 0 Å². The van der Waals surface area contributed by atoms with Gasteiger partial charge in [-0.1, -0.05) is 13.8 Å². The zero-order valence-electron chi connectivity index (χ0n) is 15.3. The monoisotopic (exact) mass is 390 g/mol. The number of rotatable bonds is 7. The molecule has 1 unspecified atom stereocenters. The average molecular weight is 390 g/mol. The molecule has 0 spiro atoms. The lowest BCUT2D eigenvalue weighted by Gasteiger charge is -2.17. The third-order valence-electron chi connectivity index (χ3n) is 4.35. The van der Waals surface area contributed by atoms with Crippen LogP contribution in [-0.2, 0) is 14.8 Å². The summed E-state index contributed by atoms with van der Waals surface area (Å²) in [6.07, 6.45) is 0. The van der Waals surface area contributed by atoms with Crippen molar-refractivity contribution < 1.29 is 22.7 Å². The van der Waals surface area contributed by atoms with E-state index in [4.69, 9.17) is 4.42 Å². The van der Waals surface area contributed by atoms with Gasteiger partial charge in [0.2, 0.25) is 10.0 Å². The van der Waals surface area contributed by atoms with E-state index in [2.05, 4.69) is 10.0 Å². The van der Waals surface area contributed by atoms with Gasteiger partial charge in [0.1, 0.15) is 17.2 Å². The van der Waals surface area contributed by atoms with Gasteiger partial charge >= 0.3 is 5.97 Å². The molecule has 8 heteroatoms. The number of hydrogen-bond acceptors (Lipinski definition) is 5. The number of carbonyl (C=O) groups is 1. The molecule has 3 N–H and O–H groups in total. The van der Waals surface area contributed by atoms with Crippen molar-refractivity contribution >= 4 is 43.6 Å². The Hall–Kier alpha value is -2.58. The largest absolute Gasteiger partial charge is 0.480 e. The number of sulfonamides is 1. The number of hydrogen-bond donors (Lipinski definition) is 3. The summed E-state index contributed by atoms with van der Waals surface area (Å²) in [5.74, 6) is -1.61. The molecule has 0 aliphatic carbocycles. The highest BCUT2D eigenvalue weighted by atomic mass is 32.2. The number of carboxylic acid groups (broad SMARTS) is 1. The van der Waals surface area contributed by atoms with Crippen molar-refractivity contribution in [3.05, 3.63) is 36.4 Å². The smallest absolute Gasteiger partial charge is 0.322 e. The van der Waals surface area contributed by atoms with Gasteiger partial charge in [0.15, 0.2) is 0 Å². The van der Waals surface area contributed by atoms with E-state index in [-0.39, 0.29) is 4.90 Å². The summed E-state index contributed by atoms with van der Waals surface area (Å²) in [7, 11) is -4.00. The first-order valence-corrected chi connectivity index (χ1v) is 10.2. The molecule has 0 saturated carbocycles. The number of carboxylic acids is 1. The molecule has 0 fully saturated rings. The lowest BCUT2D eigenvalue weighted by atomic mass is 10.1. The summed E-state index contributed by atoms with van der Waals surface area (Å²) < 4.78 is 33.3. The van der Waals surface area contributed by atoms with Gasteiger partial charge in [-0.3, -0.25) is 4.79 Å². The summed E-state index contributed by atoms with van der Waals surface area (Å²) in [5.41, 5.74) is 2.03. The molecule has 0 radical (unpaired) electrons. The van der Waals surface area contributed by atoms with Crippen molar-refractivity contribution in [2.45, 2.75) is 31.7 Å². The van der Waals surface area contributed by atoms with E-state index >= 15 is 0 Å². The first-order chi connectivity index (χ1) is 12.7. The molecular weight excluding hydrogens is 368 g/mol. The Balaban J connectivity index is 2.03. The summed E-state index contributed by atoms with van der Waals surface area (Å²) in [6, 6.07) is 9.03. The number of nitrogens with one attached hydrogen (secondary N) is 2. The fourth-order valence-electron chi connectivity index (χ4n) is 2.95. The van der Waals surface area contributed by atoms with Crippen LogP contribution in [0.3, 0.4) is 0 Å². The van der Waals surface area contributed by atoms with Crippen LogP contribution >= 0.6 is 0 Å². The van der Waals surface area contributed by atoms with Crippen molar-refractivity contribution in [3.63, 3.8) is 0 Å². The Morgan fingerprint density at radius 1 is 1.11 bits per heavy atom. The third kappa shape index (κ3) is 3.77. The first kappa shape index (κ1) is 19.2. The van der Waals surface area contributed by atoms with E-state index in [1.54, 1.807) is 19.9 Å². The second kappa shape index (κ2) is 7.21. The zero-order valence-corrected chi connectivity index (χ0v) is 16.1. The molecule has 3 rings (SSSR count). The van der Waals surface area contributed by atoms with Gasteiger partial charge in [-0.2, -0.15) is 4.72 Å². The Bertz CT molecular complexity index is 1100. The van der Waals surface area contributed by atoms with Crippen LogP contribution in [0, 0.1) is 5.92 Å². The Labute approximate surface area is 157 Å². The minimum Gasteiger partial charge on any atom is -0.480 e. The minimum atomic E-state index is -4.00. The van der Waals surface area contributed by atoms with E-state index in [1.165, 1.54) is 12.1 Å². The normalized spacial score (nSPS) is 13.3. The second-order valence-corrected chi connectivity index (χ2v) is 8.40. The van der Waals surface area contributed by atoms with Crippen molar-refractivity contribution in [1.82, 2.24) is 4.72 Å². The summed E-state index contributed by atoms with van der Waals surface area (Å²) in [4.78, 5) is 11.3. The minimum absolute atomic E-state index is 0.0344. The number of furan rings is 1. The molecule has 0 saturated heterocycles. The number of fused-ring (bicyclic) bond motifs is 3. The van der Waals surface area contributed by atoms with Gasteiger partial charge in [-0.25, -0.2) is 8.42 Å². The van der Waals surface area contributed by atoms with Crippen LogP contribution in [0.15, 0.2) is 45.7 Å². The van der Waals surface area contributed by atoms with Crippen LogP contribution in [-0.4, -0.2) is 32.1 Å². The zero-order chi connectivity index (χ0) is 19.8. The van der Waals surface area contributed by atoms with Crippen LogP contribution in [0.1, 0.15) is 20.8 Å². The van der Waals surface area contributed by atoms with E-state index in [1.807, 2.05) is 25.1 Å². The second-order valence-electron chi connectivity index (χ2n) is 6.68. The van der Waals surface area contributed by atoms with Gasteiger partial charge in [-0.15, -0.1) is 0 Å². The highest BCUT2D eigenvalue weighted by molar-refractivity contribution is 7.89. The number of anilines is 1. The third-order valence-corrected chi connectivity index (χ3v) is 5.79. The Kier molecular flexibility index (Phi) is 5.12. The predicted molar refractivity (Wildman–Crippen MR) is 104 cm³/mol. The lowest BCUT2D eigenvalue weighted by Crippen LogP contribution is -2.44. The van der Waals surface area contributed by atoms with Crippen molar-refractivity contribution in [3.8, 4) is 0 Å². The summed E-state index contributed by atoms with van der Waals surface area (Å²) in [6.45, 7) is 6.08. The van der Waals surface area contributed by atoms with Gasteiger partial charge in [-0.05, 0) is 43.2 Å². The predicted octanol–water partition coefficient (Wildman–Crippen LogP) is 3.41. The fourth-order valence-corrected chi connectivity index (χ4v) is 4.30. The molecule has 0 aliphatic rings. The van der Waals surface area contributed by atoms with E-state index in [9.17, 15) is 18.3 Å². The van der Waals surface area contributed by atoms with Crippen LogP contribution in [0.25, 0.3) is 21.9 Å². The Morgan fingerprint density at radius 3 is 2.48 bits per heavy atom. The van der Waals surface area contributed by atoms with Crippen molar-refractivity contribution in [2.24, 2.45) is 5.92 Å². The first-order valence-electron chi connectivity index (χ1n) is 8.68. The molecule has 3 aromatic rings. The molecule has 1 aromatic heterocycles. The van der Waals surface area contributed by atoms with E-state index < -0.39 is 28.0 Å². The maximum atomic E-state index is 12.6. The van der Waals surface area contributed by atoms with Crippen LogP contribution in [0.4, 0.5) is 5.69 Å². The van der Waals surface area contributed by atoms with Gasteiger partial charge in [0.25, 0.3) is 0 Å². The topological polar surface area (TPSA) is 109 Å². The quantitative estimate of drug-likeness (QED) is 0.570. The maximum absolute atomic E-state index is 12.6. The van der Waals surface area contributed by atoms with Gasteiger partial charge in [0, 0.05) is 29.1 Å². The number of aliphatic carboxylic acids is 1. The highest BCUT2D eigenvalue weighted by Crippen LogP contribution is 2.32. The van der Waals surface area contributed by atoms with Gasteiger partial charge in [0.05, 0.1) is 4.90 Å². The summed E-state index contributed by atoms with van der Waals surface area (Å²) in [5, 5.41) is 14.1. The van der Waals surface area contributed by atoms with E-state index in [0.29, 0.717) is 11.2 Å². The molecule has 27 heavy (non-hydrogen) atoms. The molecular formula is C19H22N2O5S. The van der Waals surface area contributed by atoms with E-state index in [0.717, 1.165) is 23.0 Å². The van der Waals surface area contributed by atoms with Crippen LogP contribution in [0.2, 0.25) is 0 Å². The average Bonchev–Trinajstić information content (AvgIpc) is 2.96. The highest BCUT2D eigenvalue weighted by Gasteiger charge is 2.28. The van der Waals surface area contributed by atoms with Crippen molar-refractivity contribution in [2.75, 3.05) is 11.9 Å². The summed E-state index contributed by atoms with van der Waals surface area (Å²) >= 11 is 0. The lowest BCUT2D eigenvalue weighted by molar-refractivity contribution is -0.140. The standard InChI is InChI=1S/C19H22N2O5S/c1-4-20-12-5-8-16-15(9-12)14-7-6-13(10-17(14)26-16)27(24,25)21-18(11(2)3)19(22)23/h5-11,18,20-21H,4H2,1-3H3,(H,22,23). The van der Waals surface area contributed by atoms with Gasteiger partial charge < -0.3 is 14.8 Å². The van der Waals surface area contributed by atoms with Crippen LogP contribution < -0.4 is 10.0 Å². The molecule has 0 amide bonds. The number of benzene rings is 2. The fraction of sp³-hybridized carbons (Fsp3) is 0.316. The maximum Gasteiger partial charge on any atom is 0.322 e. The SMILES string of the molecule is CCNc1ccc2oc3cc(S(=O)(=O)NC(C(=O)O)C(C)C)ccc3c2c1. The molecule has 0 bridgehead atoms. The molecule has 7 nitrogen and oxygen atoms in total. The Morgan fingerprint density at radius 2 is 1.85 bits per heavy atom. The molecule has 2 aromatic carbocycles. The molecule has 144 valence electrons.